The largest absolute Gasteiger partial charge is 0.310 e. The summed E-state index contributed by atoms with van der Waals surface area (Å²) in [6.07, 6.45) is 0. The highest BCUT2D eigenvalue weighted by Gasteiger charge is 2.37. The second-order valence-electron chi connectivity index (χ2n) is 35.8. The van der Waals surface area contributed by atoms with Crippen LogP contribution in [-0.2, 0) is 5.41 Å². The van der Waals surface area contributed by atoms with Gasteiger partial charge in [0.15, 0.2) is 0 Å². The van der Waals surface area contributed by atoms with Crippen molar-refractivity contribution in [3.63, 3.8) is 0 Å². The molecule has 0 bridgehead atoms. The Hall–Kier alpha value is -17.4. The van der Waals surface area contributed by atoms with Crippen molar-refractivity contribution in [1.82, 2.24) is 9.13 Å². The summed E-state index contributed by atoms with van der Waals surface area (Å²) in [4.78, 5) is 7.24. The number of aromatic nitrogens is 2. The van der Waals surface area contributed by atoms with Crippen molar-refractivity contribution in [2.45, 2.75) is 19.3 Å². The Balaban J connectivity index is 0.000000144. The highest BCUT2D eigenvalue weighted by atomic mass is 15.2. The smallest absolute Gasteiger partial charge is 0.0626 e. The SMILES string of the molecule is CC1(C)c2ccccc2-c2ccc(N(c3cccc(-c4cccc(-c5ccc6c(c5)c5c(n6-c6ccccc6)-c6cccc7cccc-5c67)c4)c3)c3ccccc3-c3ccccc3)cc21.c1ccc(-c2ccc(N(c3ccccc3)c3cc(-c4ccc5c(c4)c4c(n5-c5ccccc5)-c5cccc6cccc-4c56)cc(N(c4ccccc4)c4ccc(-c5ccccc5)cc4)c3)cc2)cc1. The molecule has 0 spiro atoms. The molecule has 5 heteroatoms. The zero-order chi connectivity index (χ0) is 88.9. The summed E-state index contributed by atoms with van der Waals surface area (Å²) in [5.41, 5.74) is 44.2. The summed E-state index contributed by atoms with van der Waals surface area (Å²) >= 11 is 0. The fraction of sp³-hybridized carbons (Fsp3) is 0.0233. The molecule has 2 heterocycles. The van der Waals surface area contributed by atoms with Crippen molar-refractivity contribution in [2.75, 3.05) is 14.7 Å². The topological polar surface area (TPSA) is 19.6 Å². The van der Waals surface area contributed by atoms with E-state index in [2.05, 4.69) is 541 Å². The lowest BCUT2D eigenvalue weighted by Gasteiger charge is -2.30. The van der Waals surface area contributed by atoms with Crippen LogP contribution in [0.5, 0.6) is 0 Å². The molecule has 630 valence electrons. The molecule has 0 amide bonds. The van der Waals surface area contributed by atoms with Gasteiger partial charge in [-0.25, -0.2) is 0 Å². The Kier molecular flexibility index (Phi) is 19.2. The number of para-hydroxylation sites is 5. The predicted octanol–water partition coefficient (Wildman–Crippen LogP) is 35.6. The lowest BCUT2D eigenvalue weighted by atomic mass is 9.82. The van der Waals surface area contributed by atoms with E-state index in [0.29, 0.717) is 0 Å². The van der Waals surface area contributed by atoms with E-state index in [1.807, 2.05) is 0 Å². The molecule has 3 aliphatic rings. The number of hydrogen-bond acceptors (Lipinski definition) is 3. The van der Waals surface area contributed by atoms with Gasteiger partial charge >= 0.3 is 0 Å². The molecule has 0 aliphatic heterocycles. The average Bonchev–Trinajstić information content (AvgIpc) is 1.54. The minimum absolute atomic E-state index is 0.126. The minimum Gasteiger partial charge on any atom is -0.310 e. The first-order chi connectivity index (χ1) is 66.2. The van der Waals surface area contributed by atoms with Gasteiger partial charge in [0, 0.05) is 101 Å². The van der Waals surface area contributed by atoms with Crippen LogP contribution in [0.2, 0.25) is 0 Å². The molecule has 0 N–H and O–H groups in total. The van der Waals surface area contributed by atoms with E-state index in [-0.39, 0.29) is 5.41 Å². The first-order valence-electron chi connectivity index (χ1n) is 46.3. The van der Waals surface area contributed by atoms with Gasteiger partial charge in [0.1, 0.15) is 0 Å². The van der Waals surface area contributed by atoms with E-state index in [4.69, 9.17) is 0 Å². The molecule has 5 nitrogen and oxygen atoms in total. The van der Waals surface area contributed by atoms with E-state index in [1.165, 1.54) is 172 Å². The lowest BCUT2D eigenvalue weighted by molar-refractivity contribution is 0.660. The van der Waals surface area contributed by atoms with Crippen LogP contribution in [0.15, 0.2) is 504 Å². The summed E-state index contributed by atoms with van der Waals surface area (Å²) < 4.78 is 4.94. The summed E-state index contributed by atoms with van der Waals surface area (Å²) in [7, 11) is 0. The number of nitrogens with zero attached hydrogens (tertiary/aromatic N) is 5. The molecule has 0 radical (unpaired) electrons. The summed E-state index contributed by atoms with van der Waals surface area (Å²) in [5.74, 6) is 0. The third-order valence-corrected chi connectivity index (χ3v) is 27.8. The Morgan fingerprint density at radius 1 is 0.187 bits per heavy atom. The molecule has 134 heavy (non-hydrogen) atoms. The van der Waals surface area contributed by atoms with Crippen molar-refractivity contribution in [3.8, 4) is 134 Å². The normalized spacial score (nSPS) is 12.2. The fourth-order valence-corrected chi connectivity index (χ4v) is 21.6. The third kappa shape index (κ3) is 13.5. The van der Waals surface area contributed by atoms with Gasteiger partial charge in [-0.15, -0.1) is 0 Å². The Labute approximate surface area is 780 Å². The monoisotopic (exact) mass is 1710 g/mol. The van der Waals surface area contributed by atoms with E-state index < -0.39 is 0 Å². The Morgan fingerprint density at radius 3 is 1.01 bits per heavy atom. The fourth-order valence-electron chi connectivity index (χ4n) is 21.6. The second kappa shape index (κ2) is 32.7. The molecule has 21 aromatic carbocycles. The zero-order valence-corrected chi connectivity index (χ0v) is 74.2. The van der Waals surface area contributed by atoms with Gasteiger partial charge in [-0.05, 0) is 268 Å². The van der Waals surface area contributed by atoms with Gasteiger partial charge in [0.2, 0.25) is 0 Å². The molecule has 23 aromatic rings. The van der Waals surface area contributed by atoms with Crippen LogP contribution in [0.4, 0.5) is 51.2 Å². The molecular weight excluding hydrogens is 1620 g/mol. The van der Waals surface area contributed by atoms with Crippen LogP contribution in [0.1, 0.15) is 25.0 Å². The van der Waals surface area contributed by atoms with Gasteiger partial charge in [0.25, 0.3) is 0 Å². The van der Waals surface area contributed by atoms with Crippen LogP contribution in [0, 0.1) is 0 Å². The first-order valence-corrected chi connectivity index (χ1v) is 46.3. The Morgan fingerprint density at radius 2 is 0.515 bits per heavy atom. The van der Waals surface area contributed by atoms with Crippen molar-refractivity contribution in [1.29, 1.82) is 0 Å². The van der Waals surface area contributed by atoms with Gasteiger partial charge in [0.05, 0.1) is 28.1 Å². The van der Waals surface area contributed by atoms with Gasteiger partial charge in [-0.2, -0.15) is 0 Å². The molecule has 3 aliphatic carbocycles. The maximum atomic E-state index is 2.47. The first kappa shape index (κ1) is 78.8. The van der Waals surface area contributed by atoms with Crippen LogP contribution in [-0.4, -0.2) is 9.13 Å². The zero-order valence-electron chi connectivity index (χ0n) is 74.2. The average molecular weight is 1710 g/mol. The maximum absolute atomic E-state index is 2.47. The van der Waals surface area contributed by atoms with Gasteiger partial charge < -0.3 is 23.8 Å². The molecule has 0 unspecified atom stereocenters. The molecule has 0 atom stereocenters. The molecule has 2 aromatic heterocycles. The van der Waals surface area contributed by atoms with E-state index in [0.717, 1.165) is 68.0 Å². The van der Waals surface area contributed by atoms with Crippen molar-refractivity contribution in [2.24, 2.45) is 0 Å². The number of rotatable bonds is 17. The second-order valence-corrected chi connectivity index (χ2v) is 35.8. The molecule has 0 saturated carbocycles. The number of benzene rings is 21. The van der Waals surface area contributed by atoms with Crippen LogP contribution >= 0.6 is 0 Å². The highest BCUT2D eigenvalue weighted by Crippen LogP contribution is 2.58. The van der Waals surface area contributed by atoms with Crippen LogP contribution in [0.3, 0.4) is 0 Å². The predicted molar refractivity (Wildman–Crippen MR) is 565 cm³/mol. The third-order valence-electron chi connectivity index (χ3n) is 27.8. The van der Waals surface area contributed by atoms with Gasteiger partial charge in [-0.3, -0.25) is 0 Å². The van der Waals surface area contributed by atoms with Crippen LogP contribution < -0.4 is 14.7 Å². The standard InChI is InChI=1S/C66H45N3.C63H44N2/c1-6-18-46(19-7-1)48-32-37-56(38-33-48)67(53-24-10-3-11-25-53)58-42-52(43-59(45-58)68(54-26-12-4-13-27-54)57-39-34-49(35-40-57)47-20-8-2-9-21-47)51-36-41-63-62(44-51)65-60-30-16-22-50-23-17-31-61(64(50)60)66(65)69(63)55-28-14-5-15-29-55;1-63(2)56-31-11-9-28-51(56)52-35-34-49(40-57(52)63)64(58-32-12-10-27-50(58)41-17-5-3-6-18-41)48-26-14-23-45(38-48)43-21-13-22-44(37-43)46-33-36-59-55(39-46)61-53-29-15-19-42-20-16-30-54(60(42)53)62(61)65(59)47-24-7-4-8-25-47/h1-45H;3-40H,1-2H3. The van der Waals surface area contributed by atoms with Crippen molar-refractivity contribution >= 4 is 94.5 Å². The van der Waals surface area contributed by atoms with E-state index in [1.54, 1.807) is 0 Å². The molecule has 0 fully saturated rings. The number of hydrogen-bond donors (Lipinski definition) is 0. The molecule has 0 saturated heterocycles. The number of fused-ring (bicyclic) bond motifs is 13. The quantitative estimate of drug-likeness (QED) is 0.0906. The Bertz CT molecular complexity index is 8320. The van der Waals surface area contributed by atoms with Crippen molar-refractivity contribution < 1.29 is 0 Å². The summed E-state index contributed by atoms with van der Waals surface area (Å²) in [6.45, 7) is 4.72. The number of anilines is 9. The lowest BCUT2D eigenvalue weighted by Crippen LogP contribution is -2.17. The minimum atomic E-state index is -0.126. The van der Waals surface area contributed by atoms with E-state index >= 15 is 0 Å². The van der Waals surface area contributed by atoms with Gasteiger partial charge in [-0.1, -0.05) is 366 Å². The highest BCUT2D eigenvalue weighted by molar-refractivity contribution is 6.24. The maximum Gasteiger partial charge on any atom is 0.0626 e. The van der Waals surface area contributed by atoms with Crippen LogP contribution in [0.25, 0.3) is 177 Å². The summed E-state index contributed by atoms with van der Waals surface area (Å²) in [5, 5.41) is 7.70. The summed E-state index contributed by atoms with van der Waals surface area (Å²) in [6, 6.07) is 184. The van der Waals surface area contributed by atoms with E-state index in [9.17, 15) is 0 Å². The van der Waals surface area contributed by atoms with Crippen molar-refractivity contribution in [3.05, 3.63) is 515 Å². The molecular formula is C129H89N5. The molecule has 26 rings (SSSR count).